The molecule has 0 spiro atoms. The third-order valence-corrected chi connectivity index (χ3v) is 5.42. The number of benzene rings is 2. The van der Waals surface area contributed by atoms with E-state index in [1.807, 2.05) is 43.3 Å². The Labute approximate surface area is 154 Å². The van der Waals surface area contributed by atoms with Crippen LogP contribution >= 0.6 is 23.4 Å². The fourth-order valence-corrected chi connectivity index (χ4v) is 3.44. The molecule has 0 heterocycles. The molecule has 0 radical (unpaired) electrons. The number of hydrogen-bond donors (Lipinski definition) is 1. The second kappa shape index (κ2) is 9.75. The van der Waals surface area contributed by atoms with Gasteiger partial charge in [0, 0.05) is 15.6 Å². The summed E-state index contributed by atoms with van der Waals surface area (Å²) in [6, 6.07) is 15.8. The van der Waals surface area contributed by atoms with Gasteiger partial charge in [-0.05, 0) is 61.2 Å². The summed E-state index contributed by atoms with van der Waals surface area (Å²) in [5.74, 6) is 0.0405. The number of amides is 1. The van der Waals surface area contributed by atoms with Crippen molar-refractivity contribution in [3.8, 4) is 0 Å². The minimum Gasteiger partial charge on any atom is -0.325 e. The standard InChI is InChI=1S/C20H24ClNOS/c1-3-5-6-15-7-11-17(12-8-15)22-20(23)19(4-2)24-18-13-9-16(21)10-14-18/h7-14,19H,3-6H2,1-2H3,(H,22,23)/t19-/m0/s1. The molecular formula is C20H24ClNOS. The van der Waals surface area contributed by atoms with Crippen LogP contribution in [-0.2, 0) is 11.2 Å². The first kappa shape index (κ1) is 18.9. The molecule has 4 heteroatoms. The third-order valence-electron chi connectivity index (χ3n) is 3.80. The number of carbonyl (C=O) groups excluding carboxylic acids is 1. The summed E-state index contributed by atoms with van der Waals surface area (Å²) < 4.78 is 0. The van der Waals surface area contributed by atoms with Gasteiger partial charge in [0.25, 0.3) is 0 Å². The van der Waals surface area contributed by atoms with Crippen molar-refractivity contribution < 1.29 is 4.79 Å². The molecular weight excluding hydrogens is 338 g/mol. The van der Waals surface area contributed by atoms with Crippen LogP contribution in [0.2, 0.25) is 5.02 Å². The molecule has 0 saturated carbocycles. The van der Waals surface area contributed by atoms with Crippen molar-refractivity contribution in [1.29, 1.82) is 0 Å². The van der Waals surface area contributed by atoms with Crippen LogP contribution in [0, 0.1) is 0 Å². The van der Waals surface area contributed by atoms with Gasteiger partial charge in [0.1, 0.15) is 0 Å². The zero-order valence-electron chi connectivity index (χ0n) is 14.2. The fourth-order valence-electron chi connectivity index (χ4n) is 2.36. The molecule has 0 aliphatic carbocycles. The SMILES string of the molecule is CCCCc1ccc(NC(=O)[C@H](CC)Sc2ccc(Cl)cc2)cc1. The summed E-state index contributed by atoms with van der Waals surface area (Å²) in [4.78, 5) is 13.6. The van der Waals surface area contributed by atoms with Crippen molar-refractivity contribution in [3.05, 3.63) is 59.1 Å². The van der Waals surface area contributed by atoms with Crippen molar-refractivity contribution in [1.82, 2.24) is 0 Å². The molecule has 2 rings (SSSR count). The topological polar surface area (TPSA) is 29.1 Å². The largest absolute Gasteiger partial charge is 0.325 e. The van der Waals surface area contributed by atoms with E-state index in [0.29, 0.717) is 5.02 Å². The van der Waals surface area contributed by atoms with Crippen LogP contribution in [0.1, 0.15) is 38.7 Å². The number of carbonyl (C=O) groups is 1. The minimum atomic E-state index is -0.119. The minimum absolute atomic E-state index is 0.0405. The van der Waals surface area contributed by atoms with Crippen LogP contribution in [0.25, 0.3) is 0 Å². The van der Waals surface area contributed by atoms with E-state index in [9.17, 15) is 4.79 Å². The molecule has 24 heavy (non-hydrogen) atoms. The van der Waals surface area contributed by atoms with Crippen molar-refractivity contribution >= 4 is 35.0 Å². The number of nitrogens with one attached hydrogen (secondary N) is 1. The van der Waals surface area contributed by atoms with E-state index >= 15 is 0 Å². The molecule has 1 atom stereocenters. The van der Waals surface area contributed by atoms with Gasteiger partial charge in [-0.15, -0.1) is 11.8 Å². The van der Waals surface area contributed by atoms with Gasteiger partial charge < -0.3 is 5.32 Å². The maximum absolute atomic E-state index is 12.5. The first-order chi connectivity index (χ1) is 11.6. The van der Waals surface area contributed by atoms with E-state index in [1.165, 1.54) is 18.4 Å². The van der Waals surface area contributed by atoms with Crippen molar-refractivity contribution in [3.63, 3.8) is 0 Å². The van der Waals surface area contributed by atoms with E-state index in [1.54, 1.807) is 11.8 Å². The molecule has 0 aliphatic heterocycles. The lowest BCUT2D eigenvalue weighted by molar-refractivity contribution is -0.115. The highest BCUT2D eigenvalue weighted by molar-refractivity contribution is 8.00. The van der Waals surface area contributed by atoms with Crippen LogP contribution in [0.5, 0.6) is 0 Å². The highest BCUT2D eigenvalue weighted by atomic mass is 35.5. The number of rotatable bonds is 8. The average molecular weight is 362 g/mol. The molecule has 0 aliphatic rings. The summed E-state index contributed by atoms with van der Waals surface area (Å²) in [6.45, 7) is 4.22. The Morgan fingerprint density at radius 1 is 1.08 bits per heavy atom. The second-order valence-corrected chi connectivity index (χ2v) is 7.47. The first-order valence-corrected chi connectivity index (χ1v) is 9.70. The lowest BCUT2D eigenvalue weighted by atomic mass is 10.1. The van der Waals surface area contributed by atoms with Crippen molar-refractivity contribution in [2.75, 3.05) is 5.32 Å². The van der Waals surface area contributed by atoms with Crippen LogP contribution in [0.3, 0.4) is 0 Å². The smallest absolute Gasteiger partial charge is 0.237 e. The number of hydrogen-bond acceptors (Lipinski definition) is 2. The zero-order valence-corrected chi connectivity index (χ0v) is 15.8. The van der Waals surface area contributed by atoms with E-state index in [2.05, 4.69) is 24.4 Å². The van der Waals surface area contributed by atoms with Gasteiger partial charge in [-0.25, -0.2) is 0 Å². The number of thioether (sulfide) groups is 1. The van der Waals surface area contributed by atoms with E-state index in [-0.39, 0.29) is 11.2 Å². The van der Waals surface area contributed by atoms with Gasteiger partial charge in [0.2, 0.25) is 5.91 Å². The summed E-state index contributed by atoms with van der Waals surface area (Å²) in [5.41, 5.74) is 2.17. The second-order valence-electron chi connectivity index (χ2n) is 5.76. The number of aryl methyl sites for hydroxylation is 1. The Bertz CT molecular complexity index is 640. The van der Waals surface area contributed by atoms with Gasteiger partial charge in [0.15, 0.2) is 0 Å². The predicted octanol–water partition coefficient (Wildman–Crippen LogP) is 6.19. The Morgan fingerprint density at radius 3 is 2.33 bits per heavy atom. The first-order valence-electron chi connectivity index (χ1n) is 8.44. The number of unbranched alkanes of at least 4 members (excludes halogenated alkanes) is 1. The lowest BCUT2D eigenvalue weighted by Gasteiger charge is -2.15. The molecule has 0 fully saturated rings. The van der Waals surface area contributed by atoms with Crippen LogP contribution < -0.4 is 5.32 Å². The molecule has 0 aromatic heterocycles. The Hall–Kier alpha value is -1.45. The quantitative estimate of drug-likeness (QED) is 0.568. The van der Waals surface area contributed by atoms with Crippen LogP contribution in [0.4, 0.5) is 5.69 Å². The monoisotopic (exact) mass is 361 g/mol. The van der Waals surface area contributed by atoms with Gasteiger partial charge in [-0.2, -0.15) is 0 Å². The Balaban J connectivity index is 1.94. The average Bonchev–Trinajstić information content (AvgIpc) is 2.60. The summed E-state index contributed by atoms with van der Waals surface area (Å²) in [6.07, 6.45) is 4.25. The summed E-state index contributed by atoms with van der Waals surface area (Å²) in [7, 11) is 0. The van der Waals surface area contributed by atoms with Crippen LogP contribution in [0.15, 0.2) is 53.4 Å². The lowest BCUT2D eigenvalue weighted by Crippen LogP contribution is -2.24. The Kier molecular flexibility index (Phi) is 7.67. The molecule has 0 bridgehead atoms. The van der Waals surface area contributed by atoms with Gasteiger partial charge in [-0.3, -0.25) is 4.79 Å². The zero-order chi connectivity index (χ0) is 17.4. The van der Waals surface area contributed by atoms with Gasteiger partial charge >= 0.3 is 0 Å². The van der Waals surface area contributed by atoms with Crippen molar-refractivity contribution in [2.24, 2.45) is 0 Å². The van der Waals surface area contributed by atoms with E-state index in [4.69, 9.17) is 11.6 Å². The predicted molar refractivity (Wildman–Crippen MR) is 105 cm³/mol. The number of halogens is 1. The highest BCUT2D eigenvalue weighted by Gasteiger charge is 2.18. The molecule has 2 nitrogen and oxygen atoms in total. The molecule has 128 valence electrons. The maximum atomic E-state index is 12.5. The molecule has 2 aromatic rings. The third kappa shape index (κ3) is 5.88. The van der Waals surface area contributed by atoms with E-state index < -0.39 is 0 Å². The van der Waals surface area contributed by atoms with Crippen LogP contribution in [-0.4, -0.2) is 11.2 Å². The molecule has 0 saturated heterocycles. The molecule has 0 unspecified atom stereocenters. The Morgan fingerprint density at radius 2 is 1.75 bits per heavy atom. The van der Waals surface area contributed by atoms with Crippen molar-refractivity contribution in [2.45, 2.75) is 49.7 Å². The summed E-state index contributed by atoms with van der Waals surface area (Å²) >= 11 is 7.48. The molecule has 2 aromatic carbocycles. The van der Waals surface area contributed by atoms with Gasteiger partial charge in [-0.1, -0.05) is 44.0 Å². The maximum Gasteiger partial charge on any atom is 0.237 e. The van der Waals surface area contributed by atoms with Gasteiger partial charge in [0.05, 0.1) is 5.25 Å². The molecule has 1 amide bonds. The summed E-state index contributed by atoms with van der Waals surface area (Å²) in [5, 5.41) is 3.61. The highest BCUT2D eigenvalue weighted by Crippen LogP contribution is 2.27. The normalized spacial score (nSPS) is 12.0. The fraction of sp³-hybridized carbons (Fsp3) is 0.350. The number of anilines is 1. The van der Waals surface area contributed by atoms with E-state index in [0.717, 1.165) is 23.4 Å². The molecule has 1 N–H and O–H groups in total.